The molecule has 0 radical (unpaired) electrons. The van der Waals surface area contributed by atoms with Gasteiger partial charge in [0.15, 0.2) is 0 Å². The van der Waals surface area contributed by atoms with E-state index in [0.717, 1.165) is 0 Å². The molecule has 2 unspecified atom stereocenters. The van der Waals surface area contributed by atoms with Crippen LogP contribution in [0, 0.1) is 0 Å². The van der Waals surface area contributed by atoms with Crippen molar-refractivity contribution < 1.29 is 23.9 Å². The number of fused-ring (bicyclic) bond motifs is 1. The minimum Gasteiger partial charge on any atom is -0.444 e. The number of piperazine rings is 2. The minimum atomic E-state index is -0.667. The van der Waals surface area contributed by atoms with E-state index in [0.29, 0.717) is 13.1 Å². The average Bonchev–Trinajstić information content (AvgIpc) is 2.49. The zero-order chi connectivity index (χ0) is 19.9. The lowest BCUT2D eigenvalue weighted by Gasteiger charge is -2.48. The van der Waals surface area contributed by atoms with Crippen LogP contribution in [0.4, 0.5) is 4.79 Å². The van der Waals surface area contributed by atoms with Gasteiger partial charge in [-0.2, -0.15) is 0 Å². The van der Waals surface area contributed by atoms with Gasteiger partial charge in [-0.3, -0.25) is 9.59 Å². The number of carbonyl (C=O) groups excluding carboxylic acids is 3. The topological polar surface area (TPSA) is 79.4 Å². The van der Waals surface area contributed by atoms with Gasteiger partial charge < -0.3 is 24.2 Å². The number of hydrogen-bond donors (Lipinski definition) is 0. The van der Waals surface area contributed by atoms with E-state index in [9.17, 15) is 14.4 Å². The molecule has 2 aliphatic heterocycles. The summed E-state index contributed by atoms with van der Waals surface area (Å²) in [5.41, 5.74) is -0.997. The average molecular weight is 369 g/mol. The Morgan fingerprint density at radius 2 is 1.65 bits per heavy atom. The van der Waals surface area contributed by atoms with Crippen LogP contribution in [0.5, 0.6) is 0 Å². The summed E-state index contributed by atoms with van der Waals surface area (Å²) in [6, 6.07) is -1.30. The number of rotatable bonds is 2. The molecule has 0 aromatic heterocycles. The van der Waals surface area contributed by atoms with Gasteiger partial charge in [0.25, 0.3) is 0 Å². The molecule has 0 aromatic rings. The van der Waals surface area contributed by atoms with Gasteiger partial charge in [0.05, 0.1) is 18.8 Å². The number of hydrogen-bond acceptors (Lipinski definition) is 5. The standard InChI is InChI=1S/C18H31N3O5/c1-17(2,3)25-11-13-15(23)21-9-8-20(16(24)26-18(4,5)6)10-12(21)14(22)19(13)7/h12-13H,8-11H2,1-7H3. The van der Waals surface area contributed by atoms with Crippen molar-refractivity contribution in [3.8, 4) is 0 Å². The molecule has 2 atom stereocenters. The van der Waals surface area contributed by atoms with Crippen molar-refractivity contribution >= 4 is 17.9 Å². The van der Waals surface area contributed by atoms with Crippen LogP contribution in [0.1, 0.15) is 41.5 Å². The molecule has 0 spiro atoms. The summed E-state index contributed by atoms with van der Waals surface area (Å²) < 4.78 is 11.1. The van der Waals surface area contributed by atoms with Crippen LogP contribution in [0.15, 0.2) is 0 Å². The quantitative estimate of drug-likeness (QED) is 0.728. The van der Waals surface area contributed by atoms with Crippen molar-refractivity contribution in [3.63, 3.8) is 0 Å². The Balaban J connectivity index is 2.08. The van der Waals surface area contributed by atoms with E-state index in [2.05, 4.69) is 0 Å². The Kier molecular flexibility index (Phi) is 5.56. The summed E-state index contributed by atoms with van der Waals surface area (Å²) in [4.78, 5) is 42.4. The lowest BCUT2D eigenvalue weighted by atomic mass is 10.0. The highest BCUT2D eigenvalue weighted by Crippen LogP contribution is 2.23. The fourth-order valence-electron chi connectivity index (χ4n) is 3.01. The van der Waals surface area contributed by atoms with Crippen LogP contribution >= 0.6 is 0 Å². The molecule has 26 heavy (non-hydrogen) atoms. The molecule has 2 fully saturated rings. The number of amides is 3. The monoisotopic (exact) mass is 369 g/mol. The first-order valence-corrected chi connectivity index (χ1v) is 8.99. The van der Waals surface area contributed by atoms with Crippen LogP contribution < -0.4 is 0 Å². The van der Waals surface area contributed by atoms with Crippen LogP contribution in [-0.4, -0.2) is 89.2 Å². The van der Waals surface area contributed by atoms with E-state index in [1.165, 1.54) is 9.80 Å². The maximum absolute atomic E-state index is 12.9. The number of ether oxygens (including phenoxy) is 2. The lowest BCUT2D eigenvalue weighted by molar-refractivity contribution is -0.168. The molecule has 0 aliphatic carbocycles. The number of likely N-dealkylation sites (N-methyl/N-ethyl adjacent to an activating group) is 1. The van der Waals surface area contributed by atoms with Gasteiger partial charge in [0, 0.05) is 20.1 Å². The molecule has 0 N–H and O–H groups in total. The molecular weight excluding hydrogens is 338 g/mol. The Labute approximate surface area is 155 Å². The van der Waals surface area contributed by atoms with Gasteiger partial charge in [-0.25, -0.2) is 4.79 Å². The highest BCUT2D eigenvalue weighted by atomic mass is 16.6. The molecule has 148 valence electrons. The fraction of sp³-hybridized carbons (Fsp3) is 0.833. The van der Waals surface area contributed by atoms with Crippen molar-refractivity contribution in [2.24, 2.45) is 0 Å². The Morgan fingerprint density at radius 3 is 2.19 bits per heavy atom. The summed E-state index contributed by atoms with van der Waals surface area (Å²) in [7, 11) is 1.61. The zero-order valence-corrected chi connectivity index (χ0v) is 16.9. The first-order valence-electron chi connectivity index (χ1n) is 8.99. The fourth-order valence-corrected chi connectivity index (χ4v) is 3.01. The van der Waals surface area contributed by atoms with Crippen LogP contribution in [0.25, 0.3) is 0 Å². The van der Waals surface area contributed by atoms with Crippen LogP contribution in [-0.2, 0) is 19.1 Å². The van der Waals surface area contributed by atoms with E-state index < -0.39 is 29.4 Å². The van der Waals surface area contributed by atoms with Gasteiger partial charge in [-0.05, 0) is 41.5 Å². The maximum Gasteiger partial charge on any atom is 0.410 e. The predicted molar refractivity (Wildman–Crippen MR) is 95.6 cm³/mol. The Hall–Kier alpha value is -1.83. The molecule has 2 heterocycles. The van der Waals surface area contributed by atoms with E-state index >= 15 is 0 Å². The predicted octanol–water partition coefficient (Wildman–Crippen LogP) is 1.09. The molecule has 0 aromatic carbocycles. The van der Waals surface area contributed by atoms with Gasteiger partial charge in [0.1, 0.15) is 17.7 Å². The van der Waals surface area contributed by atoms with Gasteiger partial charge in [-0.1, -0.05) is 0 Å². The Morgan fingerprint density at radius 1 is 1.04 bits per heavy atom. The summed E-state index contributed by atoms with van der Waals surface area (Å²) in [5.74, 6) is -0.314. The third-order valence-corrected chi connectivity index (χ3v) is 4.37. The minimum absolute atomic E-state index is 0.134. The van der Waals surface area contributed by atoms with E-state index in [-0.39, 0.29) is 25.0 Å². The molecule has 8 nitrogen and oxygen atoms in total. The van der Waals surface area contributed by atoms with Gasteiger partial charge >= 0.3 is 6.09 Å². The first-order chi connectivity index (χ1) is 11.8. The van der Waals surface area contributed by atoms with Crippen LogP contribution in [0.3, 0.4) is 0 Å². The SMILES string of the molecule is CN1C(=O)C2CN(C(=O)OC(C)(C)C)CCN2C(=O)C1COC(C)(C)C. The normalized spacial score (nSPS) is 24.7. The molecule has 2 saturated heterocycles. The summed E-state index contributed by atoms with van der Waals surface area (Å²) in [6.07, 6.45) is -0.460. The van der Waals surface area contributed by atoms with Crippen LogP contribution in [0.2, 0.25) is 0 Å². The highest BCUT2D eigenvalue weighted by molar-refractivity contribution is 5.97. The van der Waals surface area contributed by atoms with Crippen molar-refractivity contribution in [3.05, 3.63) is 0 Å². The van der Waals surface area contributed by atoms with E-state index in [4.69, 9.17) is 9.47 Å². The van der Waals surface area contributed by atoms with Gasteiger partial charge in [0.2, 0.25) is 11.8 Å². The second kappa shape index (κ2) is 7.06. The number of nitrogens with zero attached hydrogens (tertiary/aromatic N) is 3. The van der Waals surface area contributed by atoms with Crippen molar-refractivity contribution in [1.29, 1.82) is 0 Å². The summed E-state index contributed by atoms with van der Waals surface area (Å²) >= 11 is 0. The lowest BCUT2D eigenvalue weighted by Crippen LogP contribution is -2.70. The largest absolute Gasteiger partial charge is 0.444 e. The summed E-state index contributed by atoms with van der Waals surface area (Å²) in [5, 5.41) is 0. The first kappa shape index (κ1) is 20.5. The van der Waals surface area contributed by atoms with Crippen molar-refractivity contribution in [2.45, 2.75) is 64.8 Å². The second-order valence-corrected chi connectivity index (χ2v) is 8.86. The third kappa shape index (κ3) is 4.66. The highest BCUT2D eigenvalue weighted by Gasteiger charge is 2.48. The molecular formula is C18H31N3O5. The van der Waals surface area contributed by atoms with E-state index in [1.54, 1.807) is 32.7 Å². The smallest absolute Gasteiger partial charge is 0.410 e. The second-order valence-electron chi connectivity index (χ2n) is 8.86. The molecule has 2 rings (SSSR count). The molecule has 8 heteroatoms. The maximum atomic E-state index is 12.9. The van der Waals surface area contributed by atoms with E-state index in [1.807, 2.05) is 20.8 Å². The molecule has 3 amide bonds. The Bertz CT molecular complexity index is 578. The number of carbonyl (C=O) groups is 3. The summed E-state index contributed by atoms with van der Waals surface area (Å²) in [6.45, 7) is 12.1. The van der Waals surface area contributed by atoms with Crippen molar-refractivity contribution in [1.82, 2.24) is 14.7 Å². The molecule has 0 saturated carbocycles. The third-order valence-electron chi connectivity index (χ3n) is 4.37. The molecule has 2 aliphatic rings. The zero-order valence-electron chi connectivity index (χ0n) is 16.9. The van der Waals surface area contributed by atoms with Crippen molar-refractivity contribution in [2.75, 3.05) is 33.3 Å². The molecule has 0 bridgehead atoms. The van der Waals surface area contributed by atoms with Gasteiger partial charge in [-0.15, -0.1) is 0 Å².